The van der Waals surface area contributed by atoms with Gasteiger partial charge in [-0.1, -0.05) is 6.07 Å². The minimum Gasteiger partial charge on any atom is -0.482 e. The number of fused-ring (bicyclic) bond motifs is 1. The van der Waals surface area contributed by atoms with Crippen LogP contribution in [0.4, 0.5) is 5.69 Å². The zero-order chi connectivity index (χ0) is 12.4. The standard InChI is InChI=1S/C12H16N2O3/c1-14-9-6-8(10(15)4-5-13)2-3-11(9)17-7-12(14)16/h2-3,6,10,15H,4-5,7,13H2,1H3. The number of likely N-dealkylation sites (N-methyl/N-ethyl adjacent to an activating group) is 1. The second-order valence-electron chi connectivity index (χ2n) is 4.06. The fourth-order valence-electron chi connectivity index (χ4n) is 1.82. The van der Waals surface area contributed by atoms with E-state index in [0.29, 0.717) is 24.4 Å². The van der Waals surface area contributed by atoms with Crippen molar-refractivity contribution in [3.63, 3.8) is 0 Å². The maximum atomic E-state index is 11.5. The molecule has 0 radical (unpaired) electrons. The number of amides is 1. The van der Waals surface area contributed by atoms with Crippen molar-refractivity contribution < 1.29 is 14.6 Å². The van der Waals surface area contributed by atoms with E-state index in [9.17, 15) is 9.90 Å². The predicted octanol–water partition coefficient (Wildman–Crippen LogP) is 0.424. The molecule has 1 unspecified atom stereocenters. The number of hydrogen-bond donors (Lipinski definition) is 2. The number of aliphatic hydroxyl groups is 1. The molecule has 0 aliphatic carbocycles. The molecule has 0 saturated carbocycles. The van der Waals surface area contributed by atoms with E-state index in [1.165, 1.54) is 4.90 Å². The van der Waals surface area contributed by atoms with Crippen LogP contribution in [0.3, 0.4) is 0 Å². The smallest absolute Gasteiger partial charge is 0.264 e. The number of anilines is 1. The molecule has 5 nitrogen and oxygen atoms in total. The van der Waals surface area contributed by atoms with Crippen LogP contribution in [-0.4, -0.2) is 31.2 Å². The summed E-state index contributed by atoms with van der Waals surface area (Å²) < 4.78 is 5.30. The van der Waals surface area contributed by atoms with Crippen LogP contribution in [0.1, 0.15) is 18.1 Å². The number of benzene rings is 1. The number of hydrogen-bond acceptors (Lipinski definition) is 4. The molecule has 3 N–H and O–H groups in total. The van der Waals surface area contributed by atoms with Gasteiger partial charge in [-0.15, -0.1) is 0 Å². The lowest BCUT2D eigenvalue weighted by Crippen LogP contribution is -2.35. The van der Waals surface area contributed by atoms with E-state index in [4.69, 9.17) is 10.5 Å². The normalized spacial score (nSPS) is 16.4. The van der Waals surface area contributed by atoms with E-state index >= 15 is 0 Å². The van der Waals surface area contributed by atoms with Crippen molar-refractivity contribution in [2.45, 2.75) is 12.5 Å². The molecule has 0 spiro atoms. The van der Waals surface area contributed by atoms with E-state index in [1.54, 1.807) is 25.2 Å². The van der Waals surface area contributed by atoms with Gasteiger partial charge in [0.25, 0.3) is 5.91 Å². The lowest BCUT2D eigenvalue weighted by atomic mass is 10.0. The number of rotatable bonds is 3. The molecule has 1 atom stereocenters. The molecule has 0 bridgehead atoms. The first-order valence-electron chi connectivity index (χ1n) is 5.55. The Morgan fingerprint density at radius 1 is 1.59 bits per heavy atom. The van der Waals surface area contributed by atoms with Crippen LogP contribution in [0.15, 0.2) is 18.2 Å². The number of carbonyl (C=O) groups is 1. The largest absolute Gasteiger partial charge is 0.482 e. The number of nitrogens with two attached hydrogens (primary N) is 1. The first kappa shape index (κ1) is 11.9. The quantitative estimate of drug-likeness (QED) is 0.797. The summed E-state index contributed by atoms with van der Waals surface area (Å²) in [7, 11) is 1.70. The van der Waals surface area contributed by atoms with Gasteiger partial charge >= 0.3 is 0 Å². The monoisotopic (exact) mass is 236 g/mol. The van der Waals surface area contributed by atoms with Crippen LogP contribution >= 0.6 is 0 Å². The SMILES string of the molecule is CN1C(=O)COc2ccc(C(O)CCN)cc21. The lowest BCUT2D eigenvalue weighted by Gasteiger charge is -2.26. The lowest BCUT2D eigenvalue weighted by molar-refractivity contribution is -0.120. The molecule has 1 amide bonds. The molecule has 2 rings (SSSR count). The van der Waals surface area contributed by atoms with Crippen molar-refractivity contribution in [3.05, 3.63) is 23.8 Å². The van der Waals surface area contributed by atoms with Gasteiger partial charge in [0, 0.05) is 7.05 Å². The Balaban J connectivity index is 2.32. The molecule has 0 fully saturated rings. The Morgan fingerprint density at radius 2 is 2.35 bits per heavy atom. The molecular weight excluding hydrogens is 220 g/mol. The molecule has 1 heterocycles. The molecule has 0 aromatic heterocycles. The van der Waals surface area contributed by atoms with E-state index in [-0.39, 0.29) is 12.5 Å². The Labute approximate surface area is 99.8 Å². The number of ether oxygens (including phenoxy) is 1. The summed E-state index contributed by atoms with van der Waals surface area (Å²) >= 11 is 0. The van der Waals surface area contributed by atoms with E-state index in [0.717, 1.165) is 5.56 Å². The average molecular weight is 236 g/mol. The fraction of sp³-hybridized carbons (Fsp3) is 0.417. The van der Waals surface area contributed by atoms with Gasteiger partial charge in [0.05, 0.1) is 11.8 Å². The average Bonchev–Trinajstić information content (AvgIpc) is 2.34. The summed E-state index contributed by atoms with van der Waals surface area (Å²) in [6.07, 6.45) is -0.104. The third kappa shape index (κ3) is 2.25. The minimum atomic E-state index is -0.601. The Bertz CT molecular complexity index is 434. The second-order valence-corrected chi connectivity index (χ2v) is 4.06. The molecule has 5 heteroatoms. The summed E-state index contributed by atoms with van der Waals surface area (Å²) in [5.41, 5.74) is 6.84. The summed E-state index contributed by atoms with van der Waals surface area (Å²) in [5, 5.41) is 9.85. The minimum absolute atomic E-state index is 0.0637. The van der Waals surface area contributed by atoms with Gasteiger partial charge in [0.15, 0.2) is 6.61 Å². The first-order chi connectivity index (χ1) is 8.13. The first-order valence-corrected chi connectivity index (χ1v) is 5.55. The topological polar surface area (TPSA) is 75.8 Å². The van der Waals surface area contributed by atoms with Crippen LogP contribution in [-0.2, 0) is 4.79 Å². The van der Waals surface area contributed by atoms with Crippen LogP contribution in [0.5, 0.6) is 5.75 Å². The maximum absolute atomic E-state index is 11.5. The highest BCUT2D eigenvalue weighted by Gasteiger charge is 2.23. The summed E-state index contributed by atoms with van der Waals surface area (Å²) in [4.78, 5) is 13.0. The Morgan fingerprint density at radius 3 is 3.06 bits per heavy atom. The van der Waals surface area contributed by atoms with E-state index in [1.807, 2.05) is 0 Å². The van der Waals surface area contributed by atoms with E-state index in [2.05, 4.69) is 0 Å². The van der Waals surface area contributed by atoms with E-state index < -0.39 is 6.10 Å². The molecular formula is C12H16N2O3. The van der Waals surface area contributed by atoms with Gasteiger partial charge in [-0.2, -0.15) is 0 Å². The number of carbonyl (C=O) groups excluding carboxylic acids is 1. The van der Waals surface area contributed by atoms with Gasteiger partial charge in [-0.3, -0.25) is 4.79 Å². The predicted molar refractivity (Wildman–Crippen MR) is 64.0 cm³/mol. The van der Waals surface area contributed by atoms with Crippen LogP contribution < -0.4 is 15.4 Å². The van der Waals surface area contributed by atoms with Gasteiger partial charge in [-0.25, -0.2) is 0 Å². The van der Waals surface area contributed by atoms with Crippen molar-refractivity contribution in [1.82, 2.24) is 0 Å². The zero-order valence-corrected chi connectivity index (χ0v) is 9.72. The molecule has 1 aliphatic heterocycles. The molecule has 17 heavy (non-hydrogen) atoms. The fourth-order valence-corrected chi connectivity index (χ4v) is 1.82. The van der Waals surface area contributed by atoms with Gasteiger partial charge in [0.2, 0.25) is 0 Å². The molecule has 1 aromatic rings. The highest BCUT2D eigenvalue weighted by Crippen LogP contribution is 2.33. The summed E-state index contributed by atoms with van der Waals surface area (Å²) in [5.74, 6) is 0.568. The third-order valence-corrected chi connectivity index (χ3v) is 2.89. The van der Waals surface area contributed by atoms with Crippen molar-refractivity contribution >= 4 is 11.6 Å². The van der Waals surface area contributed by atoms with Crippen LogP contribution in [0.2, 0.25) is 0 Å². The highest BCUT2D eigenvalue weighted by atomic mass is 16.5. The maximum Gasteiger partial charge on any atom is 0.264 e. The third-order valence-electron chi connectivity index (χ3n) is 2.89. The van der Waals surface area contributed by atoms with Crippen LogP contribution in [0.25, 0.3) is 0 Å². The van der Waals surface area contributed by atoms with Gasteiger partial charge in [0.1, 0.15) is 5.75 Å². The zero-order valence-electron chi connectivity index (χ0n) is 9.72. The van der Waals surface area contributed by atoms with Gasteiger partial charge < -0.3 is 20.5 Å². The van der Waals surface area contributed by atoms with Crippen molar-refractivity contribution in [1.29, 1.82) is 0 Å². The Kier molecular flexibility index (Phi) is 3.31. The molecule has 0 saturated heterocycles. The number of nitrogens with zero attached hydrogens (tertiary/aromatic N) is 1. The van der Waals surface area contributed by atoms with Crippen LogP contribution in [0, 0.1) is 0 Å². The molecule has 1 aliphatic rings. The Hall–Kier alpha value is -1.59. The van der Waals surface area contributed by atoms with Crippen molar-refractivity contribution in [3.8, 4) is 5.75 Å². The second kappa shape index (κ2) is 4.73. The molecule has 1 aromatic carbocycles. The van der Waals surface area contributed by atoms with Crippen molar-refractivity contribution in [2.24, 2.45) is 5.73 Å². The summed E-state index contributed by atoms with van der Waals surface area (Å²) in [6.45, 7) is 0.484. The number of aliphatic hydroxyl groups excluding tert-OH is 1. The van der Waals surface area contributed by atoms with Gasteiger partial charge in [-0.05, 0) is 30.7 Å². The molecule has 92 valence electrons. The highest BCUT2D eigenvalue weighted by molar-refractivity contribution is 5.97. The summed E-state index contributed by atoms with van der Waals surface area (Å²) in [6, 6.07) is 5.34. The van der Waals surface area contributed by atoms with Crippen molar-refractivity contribution in [2.75, 3.05) is 25.1 Å².